The van der Waals surface area contributed by atoms with Crippen LogP contribution in [0.3, 0.4) is 0 Å². The topological polar surface area (TPSA) is 41.3 Å². The Labute approximate surface area is 101 Å². The lowest BCUT2D eigenvalue weighted by molar-refractivity contribution is 0.284. The average Bonchev–Trinajstić information content (AvgIpc) is 2.65. The summed E-state index contributed by atoms with van der Waals surface area (Å²) < 4.78 is 5.33. The first-order valence-electron chi connectivity index (χ1n) is 6.17. The van der Waals surface area contributed by atoms with Crippen molar-refractivity contribution in [3.8, 4) is 0 Å². The zero-order chi connectivity index (χ0) is 11.5. The maximum Gasteiger partial charge on any atom is 0.181 e. The van der Waals surface area contributed by atoms with E-state index in [2.05, 4.69) is 27.3 Å². The summed E-state index contributed by atoms with van der Waals surface area (Å²) in [5.41, 5.74) is 3.12. The number of fused-ring (bicyclic) bond motifs is 1. The summed E-state index contributed by atoms with van der Waals surface area (Å²) in [5.74, 6) is 0. The predicted octanol–water partition coefficient (Wildman–Crippen LogP) is 1.62. The molecule has 0 radical (unpaired) electrons. The number of nitrogens with one attached hydrogen (secondary N) is 1. The Hall–Kier alpha value is -1.39. The fourth-order valence-electron chi connectivity index (χ4n) is 2.32. The summed E-state index contributed by atoms with van der Waals surface area (Å²) in [7, 11) is 0. The second-order valence-corrected chi connectivity index (χ2v) is 4.53. The molecule has 0 aliphatic carbocycles. The molecule has 90 valence electrons. The number of oxazole rings is 1. The van der Waals surface area contributed by atoms with Crippen molar-refractivity contribution in [1.82, 2.24) is 15.2 Å². The normalized spacial score (nSPS) is 18.4. The average molecular weight is 231 g/mol. The Balaban J connectivity index is 1.74. The van der Waals surface area contributed by atoms with Gasteiger partial charge < -0.3 is 9.73 Å². The van der Waals surface area contributed by atoms with Gasteiger partial charge >= 0.3 is 0 Å². The van der Waals surface area contributed by atoms with Gasteiger partial charge in [0, 0.05) is 19.6 Å². The van der Waals surface area contributed by atoms with E-state index in [1.165, 1.54) is 24.9 Å². The molecule has 17 heavy (non-hydrogen) atoms. The number of hydrogen-bond acceptors (Lipinski definition) is 4. The summed E-state index contributed by atoms with van der Waals surface area (Å²) in [4.78, 5) is 6.62. The van der Waals surface area contributed by atoms with E-state index in [0.717, 1.165) is 37.3 Å². The molecule has 1 N–H and O–H groups in total. The van der Waals surface area contributed by atoms with Gasteiger partial charge in [-0.1, -0.05) is 6.07 Å². The van der Waals surface area contributed by atoms with Crippen LogP contribution in [0.4, 0.5) is 0 Å². The van der Waals surface area contributed by atoms with Gasteiger partial charge in [-0.05, 0) is 37.2 Å². The highest BCUT2D eigenvalue weighted by atomic mass is 16.3. The third kappa shape index (κ3) is 2.48. The first-order valence-corrected chi connectivity index (χ1v) is 6.17. The molecule has 0 unspecified atom stereocenters. The smallest absolute Gasteiger partial charge is 0.181 e. The molecule has 4 heteroatoms. The Kier molecular flexibility index (Phi) is 3.07. The van der Waals surface area contributed by atoms with Crippen molar-refractivity contribution in [1.29, 1.82) is 0 Å². The molecule has 0 atom stereocenters. The summed E-state index contributed by atoms with van der Waals surface area (Å²) in [6.45, 7) is 5.51. The van der Waals surface area contributed by atoms with Crippen LogP contribution in [0.15, 0.2) is 29.0 Å². The second kappa shape index (κ2) is 4.85. The van der Waals surface area contributed by atoms with E-state index in [-0.39, 0.29) is 0 Å². The summed E-state index contributed by atoms with van der Waals surface area (Å²) in [6, 6.07) is 6.27. The molecule has 1 aromatic heterocycles. The lowest BCUT2D eigenvalue weighted by atomic mass is 10.2. The van der Waals surface area contributed by atoms with Gasteiger partial charge in [0.25, 0.3) is 0 Å². The van der Waals surface area contributed by atoms with Crippen molar-refractivity contribution in [2.45, 2.75) is 13.0 Å². The van der Waals surface area contributed by atoms with Gasteiger partial charge in [0.1, 0.15) is 5.52 Å². The van der Waals surface area contributed by atoms with Gasteiger partial charge in [0.2, 0.25) is 0 Å². The molecular formula is C13H17N3O. The first-order chi connectivity index (χ1) is 8.42. The van der Waals surface area contributed by atoms with Crippen molar-refractivity contribution in [3.05, 3.63) is 30.2 Å². The number of nitrogens with zero attached hydrogens (tertiary/aromatic N) is 2. The minimum absolute atomic E-state index is 0.885. The number of benzene rings is 1. The second-order valence-electron chi connectivity index (χ2n) is 4.53. The van der Waals surface area contributed by atoms with Gasteiger partial charge in [0.05, 0.1) is 0 Å². The van der Waals surface area contributed by atoms with Crippen molar-refractivity contribution in [2.24, 2.45) is 0 Å². The molecule has 1 aliphatic rings. The fraction of sp³-hybridized carbons (Fsp3) is 0.462. The SMILES string of the molecule is c1nc2ccc(CN3CCCNCC3)cc2o1. The van der Waals surface area contributed by atoms with Gasteiger partial charge in [-0.15, -0.1) is 0 Å². The Morgan fingerprint density at radius 3 is 3.29 bits per heavy atom. The Morgan fingerprint density at radius 1 is 1.29 bits per heavy atom. The van der Waals surface area contributed by atoms with Crippen LogP contribution in [-0.2, 0) is 6.54 Å². The van der Waals surface area contributed by atoms with Crippen LogP contribution in [0.1, 0.15) is 12.0 Å². The number of hydrogen-bond donors (Lipinski definition) is 1. The van der Waals surface area contributed by atoms with E-state index in [1.807, 2.05) is 6.07 Å². The maximum atomic E-state index is 5.33. The quantitative estimate of drug-likeness (QED) is 0.852. The van der Waals surface area contributed by atoms with Crippen LogP contribution in [0.5, 0.6) is 0 Å². The zero-order valence-corrected chi connectivity index (χ0v) is 9.85. The van der Waals surface area contributed by atoms with Crippen LogP contribution in [0.25, 0.3) is 11.1 Å². The van der Waals surface area contributed by atoms with Crippen LogP contribution in [0, 0.1) is 0 Å². The van der Waals surface area contributed by atoms with Crippen molar-refractivity contribution < 1.29 is 4.42 Å². The maximum absolute atomic E-state index is 5.33. The molecular weight excluding hydrogens is 214 g/mol. The highest BCUT2D eigenvalue weighted by Crippen LogP contribution is 2.15. The van der Waals surface area contributed by atoms with Gasteiger partial charge in [-0.3, -0.25) is 4.90 Å². The highest BCUT2D eigenvalue weighted by Gasteiger charge is 2.09. The van der Waals surface area contributed by atoms with Gasteiger partial charge in [-0.25, -0.2) is 4.98 Å². The van der Waals surface area contributed by atoms with Crippen molar-refractivity contribution in [3.63, 3.8) is 0 Å². The molecule has 2 heterocycles. The van der Waals surface area contributed by atoms with Crippen molar-refractivity contribution >= 4 is 11.1 Å². The Bertz CT molecular complexity index is 486. The largest absolute Gasteiger partial charge is 0.443 e. The predicted molar refractivity (Wildman–Crippen MR) is 66.8 cm³/mol. The minimum atomic E-state index is 0.885. The van der Waals surface area contributed by atoms with E-state index >= 15 is 0 Å². The highest BCUT2D eigenvalue weighted by molar-refractivity contribution is 5.72. The third-order valence-electron chi connectivity index (χ3n) is 3.23. The number of aromatic nitrogens is 1. The minimum Gasteiger partial charge on any atom is -0.443 e. The van der Waals surface area contributed by atoms with Gasteiger partial charge in [-0.2, -0.15) is 0 Å². The molecule has 0 saturated carbocycles. The van der Waals surface area contributed by atoms with Crippen LogP contribution in [-0.4, -0.2) is 36.1 Å². The van der Waals surface area contributed by atoms with Gasteiger partial charge in [0.15, 0.2) is 12.0 Å². The Morgan fingerprint density at radius 2 is 2.29 bits per heavy atom. The summed E-state index contributed by atoms with van der Waals surface area (Å²) in [6.07, 6.45) is 2.73. The molecule has 0 spiro atoms. The van der Waals surface area contributed by atoms with E-state index in [0.29, 0.717) is 0 Å². The standard InChI is InChI=1S/C13H17N3O/c1-4-14-5-7-16(6-1)9-11-2-3-12-13(8-11)17-10-15-12/h2-3,8,10,14H,1,4-7,9H2. The molecule has 2 aromatic rings. The molecule has 3 rings (SSSR count). The van der Waals surface area contributed by atoms with Crippen LogP contribution in [0.2, 0.25) is 0 Å². The molecule has 1 aliphatic heterocycles. The first kappa shape index (κ1) is 10.7. The summed E-state index contributed by atoms with van der Waals surface area (Å²) >= 11 is 0. The molecule has 0 amide bonds. The van der Waals surface area contributed by atoms with Crippen LogP contribution >= 0.6 is 0 Å². The van der Waals surface area contributed by atoms with E-state index < -0.39 is 0 Å². The molecule has 1 aromatic carbocycles. The van der Waals surface area contributed by atoms with E-state index in [4.69, 9.17) is 4.42 Å². The summed E-state index contributed by atoms with van der Waals surface area (Å²) in [5, 5.41) is 3.42. The molecule has 4 nitrogen and oxygen atoms in total. The fourth-order valence-corrected chi connectivity index (χ4v) is 2.32. The van der Waals surface area contributed by atoms with Crippen LogP contribution < -0.4 is 5.32 Å². The lowest BCUT2D eigenvalue weighted by Gasteiger charge is -2.19. The molecule has 0 bridgehead atoms. The zero-order valence-electron chi connectivity index (χ0n) is 9.85. The van der Waals surface area contributed by atoms with Crippen molar-refractivity contribution in [2.75, 3.05) is 26.2 Å². The monoisotopic (exact) mass is 231 g/mol. The third-order valence-corrected chi connectivity index (χ3v) is 3.23. The molecule has 1 saturated heterocycles. The molecule has 1 fully saturated rings. The van der Waals surface area contributed by atoms with E-state index in [1.54, 1.807) is 0 Å². The number of rotatable bonds is 2. The van der Waals surface area contributed by atoms with E-state index in [9.17, 15) is 0 Å². The lowest BCUT2D eigenvalue weighted by Crippen LogP contribution is -2.27.